The normalized spacial score (nSPS) is 13.7. The summed E-state index contributed by atoms with van der Waals surface area (Å²) < 4.78 is 5.28. The van der Waals surface area contributed by atoms with Gasteiger partial charge in [-0.25, -0.2) is 4.79 Å². The van der Waals surface area contributed by atoms with Gasteiger partial charge in [0.1, 0.15) is 6.61 Å². The first kappa shape index (κ1) is 18.2. The highest BCUT2D eigenvalue weighted by Gasteiger charge is 2.32. The van der Waals surface area contributed by atoms with Crippen LogP contribution in [0.4, 0.5) is 5.69 Å². The van der Waals surface area contributed by atoms with Gasteiger partial charge in [-0.2, -0.15) is 0 Å². The van der Waals surface area contributed by atoms with Gasteiger partial charge in [-0.1, -0.05) is 67.0 Å². The number of carbonyl (C=O) groups excluding carboxylic acids is 2. The number of esters is 1. The van der Waals surface area contributed by atoms with Crippen LogP contribution in [-0.2, 0) is 20.9 Å². The van der Waals surface area contributed by atoms with Crippen molar-refractivity contribution in [2.24, 2.45) is 0 Å². The van der Waals surface area contributed by atoms with E-state index in [1.165, 1.54) is 6.08 Å². The van der Waals surface area contributed by atoms with Gasteiger partial charge < -0.3 is 4.74 Å². The van der Waals surface area contributed by atoms with Gasteiger partial charge in [0.2, 0.25) is 0 Å². The summed E-state index contributed by atoms with van der Waals surface area (Å²) in [7, 11) is 0. The molecule has 0 N–H and O–H groups in total. The van der Waals surface area contributed by atoms with Gasteiger partial charge in [-0.3, -0.25) is 9.69 Å². The third kappa shape index (κ3) is 4.34. The molecule has 0 spiro atoms. The molecule has 0 fully saturated rings. The van der Waals surface area contributed by atoms with Crippen LogP contribution in [0.5, 0.6) is 0 Å². The Morgan fingerprint density at radius 2 is 1.85 bits per heavy atom. The number of allylic oxidation sites excluding steroid dienone is 1. The SMILES string of the molecule is C=C(C)C#CCN1C(=O)/C(=C/C(=O)OCc2ccccc2)c2ccccc21. The minimum Gasteiger partial charge on any atom is -0.458 e. The van der Waals surface area contributed by atoms with E-state index in [9.17, 15) is 9.59 Å². The van der Waals surface area contributed by atoms with Crippen LogP contribution in [0.3, 0.4) is 0 Å². The molecule has 1 aliphatic heterocycles. The monoisotopic (exact) mass is 357 g/mol. The van der Waals surface area contributed by atoms with E-state index >= 15 is 0 Å². The summed E-state index contributed by atoms with van der Waals surface area (Å²) in [5, 5.41) is 0. The van der Waals surface area contributed by atoms with Gasteiger partial charge in [0.05, 0.1) is 17.8 Å². The number of anilines is 1. The maximum atomic E-state index is 12.8. The maximum absolute atomic E-state index is 12.8. The number of benzene rings is 2. The van der Waals surface area contributed by atoms with Crippen molar-refractivity contribution in [2.75, 3.05) is 11.4 Å². The molecule has 0 aliphatic carbocycles. The smallest absolute Gasteiger partial charge is 0.331 e. The van der Waals surface area contributed by atoms with Crippen LogP contribution in [-0.4, -0.2) is 18.4 Å². The Morgan fingerprint density at radius 1 is 1.15 bits per heavy atom. The Labute approximate surface area is 158 Å². The first-order valence-electron chi connectivity index (χ1n) is 8.54. The third-order valence-corrected chi connectivity index (χ3v) is 3.99. The molecular formula is C23H19NO3. The lowest BCUT2D eigenvalue weighted by Gasteiger charge is -2.12. The largest absolute Gasteiger partial charge is 0.458 e. The molecule has 2 aromatic carbocycles. The zero-order chi connectivity index (χ0) is 19.2. The molecule has 0 bridgehead atoms. The average Bonchev–Trinajstić information content (AvgIpc) is 2.93. The summed E-state index contributed by atoms with van der Waals surface area (Å²) in [5.41, 5.74) is 3.38. The highest BCUT2D eigenvalue weighted by atomic mass is 16.5. The van der Waals surface area contributed by atoms with Crippen LogP contribution < -0.4 is 4.90 Å². The first-order valence-corrected chi connectivity index (χ1v) is 8.54. The van der Waals surface area contributed by atoms with Crippen molar-refractivity contribution >= 4 is 23.1 Å². The van der Waals surface area contributed by atoms with E-state index < -0.39 is 5.97 Å². The summed E-state index contributed by atoms with van der Waals surface area (Å²) in [5.74, 6) is 4.99. The van der Waals surface area contributed by atoms with E-state index in [1.54, 1.807) is 11.8 Å². The molecule has 0 aromatic heterocycles. The van der Waals surface area contributed by atoms with Gasteiger partial charge in [0.15, 0.2) is 0 Å². The number of carbonyl (C=O) groups is 2. The fourth-order valence-corrected chi connectivity index (χ4v) is 2.76. The number of hydrogen-bond acceptors (Lipinski definition) is 3. The molecule has 1 amide bonds. The molecule has 0 saturated carbocycles. The van der Waals surface area contributed by atoms with E-state index in [4.69, 9.17) is 4.74 Å². The molecule has 1 heterocycles. The standard InChI is InChI=1S/C23H19NO3/c1-17(2)9-8-14-24-21-13-7-6-12-19(21)20(23(24)26)15-22(25)27-16-18-10-4-3-5-11-18/h3-7,10-13,15H,1,14,16H2,2H3/b20-15+. The Hall–Kier alpha value is -3.58. The van der Waals surface area contributed by atoms with Crippen molar-refractivity contribution in [3.8, 4) is 11.8 Å². The number of fused-ring (bicyclic) bond motifs is 1. The number of nitrogens with zero attached hydrogens (tertiary/aromatic N) is 1. The highest BCUT2D eigenvalue weighted by molar-refractivity contribution is 6.34. The Bertz CT molecular complexity index is 977. The topological polar surface area (TPSA) is 46.6 Å². The quantitative estimate of drug-likeness (QED) is 0.476. The summed E-state index contributed by atoms with van der Waals surface area (Å²) >= 11 is 0. The van der Waals surface area contributed by atoms with Gasteiger partial charge in [-0.05, 0) is 24.1 Å². The number of rotatable bonds is 4. The van der Waals surface area contributed by atoms with Crippen LogP contribution in [0, 0.1) is 11.8 Å². The van der Waals surface area contributed by atoms with Crippen molar-refractivity contribution in [2.45, 2.75) is 13.5 Å². The summed E-state index contributed by atoms with van der Waals surface area (Å²) in [6.07, 6.45) is 1.26. The predicted octanol–water partition coefficient (Wildman–Crippen LogP) is 3.74. The van der Waals surface area contributed by atoms with E-state index in [1.807, 2.05) is 54.6 Å². The van der Waals surface area contributed by atoms with Crippen molar-refractivity contribution < 1.29 is 14.3 Å². The summed E-state index contributed by atoms with van der Waals surface area (Å²) in [6, 6.07) is 16.7. The van der Waals surface area contributed by atoms with Crippen molar-refractivity contribution in [1.82, 2.24) is 0 Å². The molecule has 0 unspecified atom stereocenters. The molecule has 4 nitrogen and oxygen atoms in total. The number of hydrogen-bond donors (Lipinski definition) is 0. The molecule has 1 aliphatic rings. The van der Waals surface area contributed by atoms with Crippen LogP contribution in [0.25, 0.3) is 5.57 Å². The Morgan fingerprint density at radius 3 is 2.59 bits per heavy atom. The molecule has 134 valence electrons. The van der Waals surface area contributed by atoms with Crippen molar-refractivity contribution in [3.05, 3.63) is 84.0 Å². The van der Waals surface area contributed by atoms with E-state index in [-0.39, 0.29) is 19.1 Å². The molecule has 0 radical (unpaired) electrons. The molecule has 27 heavy (non-hydrogen) atoms. The first-order chi connectivity index (χ1) is 13.1. The lowest BCUT2D eigenvalue weighted by Crippen LogP contribution is -2.26. The maximum Gasteiger partial charge on any atom is 0.331 e. The minimum absolute atomic E-state index is 0.160. The molecular weight excluding hydrogens is 338 g/mol. The molecule has 3 rings (SSSR count). The van der Waals surface area contributed by atoms with Crippen LogP contribution in [0.1, 0.15) is 18.1 Å². The van der Waals surface area contributed by atoms with E-state index in [2.05, 4.69) is 18.4 Å². The Balaban J connectivity index is 1.79. The minimum atomic E-state index is -0.549. The molecule has 0 atom stereocenters. The molecule has 2 aromatic rings. The fraction of sp³-hybridized carbons (Fsp3) is 0.130. The van der Waals surface area contributed by atoms with Gasteiger partial charge in [0, 0.05) is 11.6 Å². The van der Waals surface area contributed by atoms with E-state index in [0.29, 0.717) is 11.1 Å². The number of ether oxygens (including phenoxy) is 1. The lowest BCUT2D eigenvalue weighted by molar-refractivity contribution is -0.139. The second-order valence-electron chi connectivity index (χ2n) is 6.14. The summed E-state index contributed by atoms with van der Waals surface area (Å²) in [6.45, 7) is 5.93. The summed E-state index contributed by atoms with van der Waals surface area (Å²) in [4.78, 5) is 26.6. The van der Waals surface area contributed by atoms with E-state index in [0.717, 1.165) is 16.8 Å². The molecule has 4 heteroatoms. The number of para-hydroxylation sites is 1. The average molecular weight is 357 g/mol. The van der Waals surface area contributed by atoms with Gasteiger partial charge >= 0.3 is 5.97 Å². The van der Waals surface area contributed by atoms with Gasteiger partial charge in [0.25, 0.3) is 5.91 Å². The zero-order valence-electron chi connectivity index (χ0n) is 15.1. The third-order valence-electron chi connectivity index (χ3n) is 3.99. The second kappa shape index (κ2) is 8.20. The van der Waals surface area contributed by atoms with Crippen LogP contribution in [0.15, 0.2) is 72.8 Å². The van der Waals surface area contributed by atoms with Crippen LogP contribution >= 0.6 is 0 Å². The van der Waals surface area contributed by atoms with Crippen molar-refractivity contribution in [3.63, 3.8) is 0 Å². The van der Waals surface area contributed by atoms with Gasteiger partial charge in [-0.15, -0.1) is 0 Å². The van der Waals surface area contributed by atoms with Crippen LogP contribution in [0.2, 0.25) is 0 Å². The fourth-order valence-electron chi connectivity index (χ4n) is 2.76. The lowest BCUT2D eigenvalue weighted by atomic mass is 10.1. The highest BCUT2D eigenvalue weighted by Crippen LogP contribution is 2.36. The zero-order valence-corrected chi connectivity index (χ0v) is 15.1. The number of amides is 1. The Kier molecular flexibility index (Phi) is 5.53. The second-order valence-corrected chi connectivity index (χ2v) is 6.14. The molecule has 0 saturated heterocycles. The van der Waals surface area contributed by atoms with Crippen molar-refractivity contribution in [1.29, 1.82) is 0 Å². The predicted molar refractivity (Wildman–Crippen MR) is 106 cm³/mol.